The monoisotopic (exact) mass is 488 g/mol. The second-order valence-corrected chi connectivity index (χ2v) is 12.6. The summed E-state index contributed by atoms with van der Waals surface area (Å²) >= 11 is 4.38. The number of fused-ring (bicyclic) bond motifs is 2. The summed E-state index contributed by atoms with van der Waals surface area (Å²) in [7, 11) is 0. The first-order valence-corrected chi connectivity index (χ1v) is 12.8. The SMILES string of the molecule is C=C/C=C(\C/C=C\C)C1(C)CC2(Br)CC(C)(c3ccccc3)CC(c3ccccc3)(C2)C1. The fraction of sp³-hybridized carbons (Fsp3) is 0.419. The Labute approximate surface area is 203 Å². The van der Waals surface area contributed by atoms with Crippen LogP contribution in [0.4, 0.5) is 0 Å². The van der Waals surface area contributed by atoms with E-state index in [1.165, 1.54) is 42.4 Å². The van der Waals surface area contributed by atoms with Crippen molar-refractivity contribution >= 4 is 15.9 Å². The van der Waals surface area contributed by atoms with E-state index in [1.54, 1.807) is 0 Å². The third-order valence-corrected chi connectivity index (χ3v) is 8.89. The van der Waals surface area contributed by atoms with E-state index < -0.39 is 0 Å². The number of alkyl halides is 1. The standard InChI is InChI=1S/C31H37Br/c1-5-7-15-25(14-6-2)28(3)20-30(27-18-12-9-13-19-27)21-29(4,23-31(32,22-28)24-30)26-16-10-8-11-17-26/h5-14,16-19H,2,15,20-24H2,1,3-4H3/b7-5-,25-14+. The number of rotatable bonds is 6. The van der Waals surface area contributed by atoms with Crippen molar-refractivity contribution in [1.82, 2.24) is 0 Å². The van der Waals surface area contributed by atoms with E-state index in [1.807, 2.05) is 6.08 Å². The van der Waals surface area contributed by atoms with Gasteiger partial charge in [-0.1, -0.05) is 127 Å². The van der Waals surface area contributed by atoms with Gasteiger partial charge < -0.3 is 0 Å². The van der Waals surface area contributed by atoms with E-state index in [2.05, 4.69) is 122 Å². The van der Waals surface area contributed by atoms with Gasteiger partial charge in [-0.2, -0.15) is 0 Å². The molecule has 2 aromatic rings. The fourth-order valence-electron chi connectivity index (χ4n) is 7.27. The summed E-state index contributed by atoms with van der Waals surface area (Å²) in [6.07, 6.45) is 15.6. The maximum Gasteiger partial charge on any atom is 0.0283 e. The minimum Gasteiger partial charge on any atom is -0.0991 e. The van der Waals surface area contributed by atoms with Gasteiger partial charge in [0.2, 0.25) is 0 Å². The van der Waals surface area contributed by atoms with Crippen molar-refractivity contribution in [2.75, 3.05) is 0 Å². The van der Waals surface area contributed by atoms with Crippen LogP contribution < -0.4 is 0 Å². The highest BCUT2D eigenvalue weighted by atomic mass is 79.9. The van der Waals surface area contributed by atoms with Crippen LogP contribution in [-0.2, 0) is 10.8 Å². The Morgan fingerprint density at radius 1 is 0.875 bits per heavy atom. The molecule has 4 atom stereocenters. The van der Waals surface area contributed by atoms with Gasteiger partial charge in [-0.3, -0.25) is 0 Å². The fourth-order valence-corrected chi connectivity index (χ4v) is 9.05. The van der Waals surface area contributed by atoms with E-state index in [0.29, 0.717) is 0 Å². The van der Waals surface area contributed by atoms with Crippen LogP contribution in [0, 0.1) is 5.41 Å². The zero-order valence-corrected chi connectivity index (χ0v) is 21.5. The van der Waals surface area contributed by atoms with E-state index in [9.17, 15) is 0 Å². The first kappa shape index (κ1) is 23.3. The average Bonchev–Trinajstić information content (AvgIpc) is 2.76. The van der Waals surface area contributed by atoms with Gasteiger partial charge in [-0.05, 0) is 72.8 Å². The van der Waals surface area contributed by atoms with Crippen molar-refractivity contribution in [3.8, 4) is 0 Å². The Kier molecular flexibility index (Phi) is 6.43. The van der Waals surface area contributed by atoms with Gasteiger partial charge in [0.25, 0.3) is 0 Å². The van der Waals surface area contributed by atoms with Gasteiger partial charge >= 0.3 is 0 Å². The minimum atomic E-state index is 0.106. The zero-order valence-electron chi connectivity index (χ0n) is 19.9. The lowest BCUT2D eigenvalue weighted by Crippen LogP contribution is -2.57. The Balaban J connectivity index is 1.85. The number of allylic oxidation sites excluding steroid dienone is 5. The lowest BCUT2D eigenvalue weighted by Gasteiger charge is -2.62. The Bertz CT molecular complexity index is 999. The average molecular weight is 490 g/mol. The molecule has 0 heterocycles. The van der Waals surface area contributed by atoms with Crippen molar-refractivity contribution in [2.24, 2.45) is 5.41 Å². The molecule has 0 saturated heterocycles. The van der Waals surface area contributed by atoms with E-state index in [0.717, 1.165) is 12.8 Å². The molecule has 2 aromatic carbocycles. The van der Waals surface area contributed by atoms with E-state index in [-0.39, 0.29) is 20.6 Å². The van der Waals surface area contributed by atoms with E-state index >= 15 is 0 Å². The molecule has 2 aliphatic carbocycles. The molecule has 2 saturated carbocycles. The smallest absolute Gasteiger partial charge is 0.0283 e. The first-order chi connectivity index (χ1) is 15.3. The minimum absolute atomic E-state index is 0.106. The molecule has 1 heteroatoms. The summed E-state index contributed by atoms with van der Waals surface area (Å²) < 4.78 is 0.106. The molecular formula is C31H37Br. The molecule has 0 spiro atoms. The molecule has 0 nitrogen and oxygen atoms in total. The summed E-state index contributed by atoms with van der Waals surface area (Å²) in [6, 6.07) is 22.6. The molecule has 0 N–H and O–H groups in total. The van der Waals surface area contributed by atoms with Crippen molar-refractivity contribution < 1.29 is 0 Å². The van der Waals surface area contributed by atoms with Crippen molar-refractivity contribution in [3.05, 3.63) is 108 Å². The summed E-state index contributed by atoms with van der Waals surface area (Å²) in [5.74, 6) is 0. The Morgan fingerprint density at radius 2 is 1.50 bits per heavy atom. The lowest BCUT2D eigenvalue weighted by molar-refractivity contribution is 0.0454. The van der Waals surface area contributed by atoms with Crippen LogP contribution in [-0.4, -0.2) is 4.32 Å². The number of hydrogen-bond donors (Lipinski definition) is 0. The van der Waals surface area contributed by atoms with Crippen molar-refractivity contribution in [2.45, 2.75) is 74.5 Å². The van der Waals surface area contributed by atoms with Gasteiger partial charge in [-0.15, -0.1) is 0 Å². The molecule has 32 heavy (non-hydrogen) atoms. The summed E-state index contributed by atoms with van der Waals surface area (Å²) in [4.78, 5) is 0. The molecule has 0 aromatic heterocycles. The molecule has 2 fully saturated rings. The van der Waals surface area contributed by atoms with Crippen LogP contribution in [0.5, 0.6) is 0 Å². The second kappa shape index (κ2) is 8.82. The molecule has 0 radical (unpaired) electrons. The van der Waals surface area contributed by atoms with Crippen molar-refractivity contribution in [3.63, 3.8) is 0 Å². The highest BCUT2D eigenvalue weighted by molar-refractivity contribution is 9.10. The van der Waals surface area contributed by atoms with Crippen LogP contribution in [0.25, 0.3) is 0 Å². The second-order valence-electron chi connectivity index (χ2n) is 10.9. The largest absolute Gasteiger partial charge is 0.0991 e. The van der Waals surface area contributed by atoms with E-state index in [4.69, 9.17) is 0 Å². The van der Waals surface area contributed by atoms with Crippen LogP contribution >= 0.6 is 15.9 Å². The predicted octanol–water partition coefficient (Wildman–Crippen LogP) is 9.08. The van der Waals surface area contributed by atoms with Crippen LogP contribution in [0.15, 0.2) is 97.1 Å². The highest BCUT2D eigenvalue weighted by Gasteiger charge is 2.60. The molecule has 0 amide bonds. The van der Waals surface area contributed by atoms with Gasteiger partial charge in [0.15, 0.2) is 0 Å². The van der Waals surface area contributed by atoms with Crippen LogP contribution in [0.2, 0.25) is 0 Å². The third kappa shape index (κ3) is 4.34. The molecule has 4 rings (SSSR count). The molecule has 2 aliphatic rings. The highest BCUT2D eigenvalue weighted by Crippen LogP contribution is 2.67. The van der Waals surface area contributed by atoms with Crippen LogP contribution in [0.3, 0.4) is 0 Å². The number of halogens is 1. The van der Waals surface area contributed by atoms with Crippen LogP contribution in [0.1, 0.15) is 70.4 Å². The lowest BCUT2D eigenvalue weighted by atomic mass is 9.45. The number of hydrogen-bond acceptors (Lipinski definition) is 0. The summed E-state index contributed by atoms with van der Waals surface area (Å²) in [5.41, 5.74) is 4.90. The maximum atomic E-state index is 4.38. The molecular weight excluding hydrogens is 452 g/mol. The quantitative estimate of drug-likeness (QED) is 0.216. The first-order valence-electron chi connectivity index (χ1n) is 12.0. The van der Waals surface area contributed by atoms with Crippen molar-refractivity contribution in [1.29, 1.82) is 0 Å². The normalized spacial score (nSPS) is 35.1. The van der Waals surface area contributed by atoms with Gasteiger partial charge in [-0.25, -0.2) is 0 Å². The third-order valence-electron chi connectivity index (χ3n) is 8.05. The Hall–Kier alpha value is -1.86. The number of benzene rings is 2. The maximum absolute atomic E-state index is 4.38. The molecule has 4 unspecified atom stereocenters. The summed E-state index contributed by atoms with van der Waals surface area (Å²) in [6.45, 7) is 11.2. The van der Waals surface area contributed by atoms with Gasteiger partial charge in [0.05, 0.1) is 0 Å². The summed E-state index contributed by atoms with van der Waals surface area (Å²) in [5, 5.41) is 0. The zero-order chi connectivity index (χ0) is 22.9. The molecule has 2 bridgehead atoms. The molecule has 168 valence electrons. The van der Waals surface area contributed by atoms with Gasteiger partial charge in [0, 0.05) is 4.32 Å². The Morgan fingerprint density at radius 3 is 2.09 bits per heavy atom. The van der Waals surface area contributed by atoms with Gasteiger partial charge in [0.1, 0.15) is 0 Å². The topological polar surface area (TPSA) is 0 Å². The predicted molar refractivity (Wildman–Crippen MR) is 142 cm³/mol. The molecule has 0 aliphatic heterocycles.